The van der Waals surface area contributed by atoms with Crippen LogP contribution in [0.3, 0.4) is 0 Å². The lowest BCUT2D eigenvalue weighted by Crippen LogP contribution is -2.45. The Morgan fingerprint density at radius 3 is 2.75 bits per heavy atom. The monoisotopic (exact) mass is 291 g/mol. The highest BCUT2D eigenvalue weighted by molar-refractivity contribution is 7.11. The van der Waals surface area contributed by atoms with Gasteiger partial charge in [0, 0.05) is 23.5 Å². The summed E-state index contributed by atoms with van der Waals surface area (Å²) in [6, 6.07) is 1.40. The molecule has 2 aliphatic carbocycles. The van der Waals surface area contributed by atoms with Gasteiger partial charge in [-0.1, -0.05) is 0 Å². The molecule has 0 aromatic carbocycles. The molecule has 2 heterocycles. The van der Waals surface area contributed by atoms with Crippen LogP contribution in [0.2, 0.25) is 0 Å². The van der Waals surface area contributed by atoms with Crippen molar-refractivity contribution in [2.75, 3.05) is 13.6 Å². The number of nitrogens with one attached hydrogen (secondary N) is 1. The van der Waals surface area contributed by atoms with E-state index in [1.54, 1.807) is 4.88 Å². The van der Waals surface area contributed by atoms with Crippen LogP contribution in [-0.2, 0) is 18.4 Å². The van der Waals surface area contributed by atoms with Gasteiger partial charge in [-0.3, -0.25) is 0 Å². The van der Waals surface area contributed by atoms with E-state index in [9.17, 15) is 0 Å². The molecule has 1 saturated carbocycles. The number of thiazole rings is 1. The Balaban J connectivity index is 1.68. The summed E-state index contributed by atoms with van der Waals surface area (Å²) in [5.74, 6) is 0. The first-order valence-electron chi connectivity index (χ1n) is 8.13. The normalized spacial score (nSPS) is 34.4. The summed E-state index contributed by atoms with van der Waals surface area (Å²) in [5, 5.41) is 5.34. The summed E-state index contributed by atoms with van der Waals surface area (Å²) in [6.07, 6.45) is 9.07. The van der Waals surface area contributed by atoms with Gasteiger partial charge in [-0.25, -0.2) is 4.98 Å². The number of rotatable bonds is 3. The SMILES string of the molecule is CC1CC(NC2CC2)(c2nc3c(s2)CCCC3)CN1C. The molecule has 3 nitrogen and oxygen atoms in total. The zero-order valence-electron chi connectivity index (χ0n) is 12.6. The molecule has 2 fully saturated rings. The Morgan fingerprint density at radius 1 is 1.30 bits per heavy atom. The van der Waals surface area contributed by atoms with Crippen molar-refractivity contribution in [3.8, 4) is 0 Å². The molecule has 1 aliphatic heterocycles. The van der Waals surface area contributed by atoms with Crippen LogP contribution in [0.5, 0.6) is 0 Å². The van der Waals surface area contributed by atoms with E-state index in [0.29, 0.717) is 6.04 Å². The van der Waals surface area contributed by atoms with Crippen LogP contribution in [0.1, 0.15) is 54.6 Å². The van der Waals surface area contributed by atoms with Gasteiger partial charge in [0.05, 0.1) is 11.2 Å². The van der Waals surface area contributed by atoms with Crippen molar-refractivity contribution in [3.63, 3.8) is 0 Å². The highest BCUT2D eigenvalue weighted by Gasteiger charge is 2.47. The van der Waals surface area contributed by atoms with Crippen LogP contribution in [0.25, 0.3) is 0 Å². The van der Waals surface area contributed by atoms with Gasteiger partial charge >= 0.3 is 0 Å². The maximum atomic E-state index is 5.08. The van der Waals surface area contributed by atoms with Crippen LogP contribution in [0, 0.1) is 0 Å². The molecule has 0 amide bonds. The van der Waals surface area contributed by atoms with Crippen molar-refractivity contribution in [2.24, 2.45) is 0 Å². The molecule has 1 saturated heterocycles. The summed E-state index contributed by atoms with van der Waals surface area (Å²) < 4.78 is 0. The molecule has 2 atom stereocenters. The van der Waals surface area contributed by atoms with E-state index < -0.39 is 0 Å². The highest BCUT2D eigenvalue weighted by Crippen LogP contribution is 2.41. The standard InChI is InChI=1S/C16H25N3S/c1-11-9-16(10-19(11)2,18-12-7-8-12)15-17-13-5-3-4-6-14(13)20-15/h11-12,18H,3-10H2,1-2H3. The minimum absolute atomic E-state index is 0.136. The lowest BCUT2D eigenvalue weighted by molar-refractivity contribution is 0.297. The van der Waals surface area contributed by atoms with Crippen molar-refractivity contribution in [1.82, 2.24) is 15.2 Å². The smallest absolute Gasteiger partial charge is 0.115 e. The molecule has 3 aliphatic rings. The van der Waals surface area contributed by atoms with Crippen LogP contribution >= 0.6 is 11.3 Å². The maximum Gasteiger partial charge on any atom is 0.115 e. The number of hydrogen-bond donors (Lipinski definition) is 1. The van der Waals surface area contributed by atoms with E-state index >= 15 is 0 Å². The molecule has 0 radical (unpaired) electrons. The maximum absolute atomic E-state index is 5.08. The molecule has 0 bridgehead atoms. The van der Waals surface area contributed by atoms with E-state index in [1.807, 2.05) is 11.3 Å². The van der Waals surface area contributed by atoms with Gasteiger partial charge in [0.15, 0.2) is 0 Å². The van der Waals surface area contributed by atoms with E-state index in [4.69, 9.17) is 4.98 Å². The fraction of sp³-hybridized carbons (Fsp3) is 0.812. The second-order valence-electron chi connectivity index (χ2n) is 7.06. The number of hydrogen-bond acceptors (Lipinski definition) is 4. The van der Waals surface area contributed by atoms with E-state index in [2.05, 4.69) is 24.2 Å². The molecular weight excluding hydrogens is 266 g/mol. The van der Waals surface area contributed by atoms with Gasteiger partial charge in [0.25, 0.3) is 0 Å². The predicted molar refractivity (Wildman–Crippen MR) is 83.3 cm³/mol. The molecule has 1 aromatic rings. The zero-order chi connectivity index (χ0) is 13.7. The molecule has 2 unspecified atom stereocenters. The highest BCUT2D eigenvalue weighted by atomic mass is 32.1. The first kappa shape index (κ1) is 13.2. The first-order chi connectivity index (χ1) is 9.66. The van der Waals surface area contributed by atoms with Gasteiger partial charge in [-0.2, -0.15) is 0 Å². The second-order valence-corrected chi connectivity index (χ2v) is 8.15. The number of aryl methyl sites for hydroxylation is 2. The molecule has 4 heteroatoms. The Bertz CT molecular complexity index is 467. The average molecular weight is 291 g/mol. The van der Waals surface area contributed by atoms with Crippen LogP contribution in [-0.4, -0.2) is 35.6 Å². The summed E-state index contributed by atoms with van der Waals surface area (Å²) in [6.45, 7) is 3.47. The van der Waals surface area contributed by atoms with Gasteiger partial charge in [-0.05, 0) is 58.9 Å². The Morgan fingerprint density at radius 2 is 2.10 bits per heavy atom. The van der Waals surface area contributed by atoms with Crippen LogP contribution in [0.4, 0.5) is 0 Å². The number of aromatic nitrogens is 1. The fourth-order valence-electron chi connectivity index (χ4n) is 3.80. The van der Waals surface area contributed by atoms with Gasteiger partial charge < -0.3 is 10.2 Å². The minimum Gasteiger partial charge on any atom is -0.301 e. The van der Waals surface area contributed by atoms with E-state index in [0.717, 1.165) is 12.6 Å². The van der Waals surface area contributed by atoms with Crippen molar-refractivity contribution in [1.29, 1.82) is 0 Å². The Labute approximate surface area is 125 Å². The lowest BCUT2D eigenvalue weighted by Gasteiger charge is -2.28. The van der Waals surface area contributed by atoms with Crippen molar-refractivity contribution < 1.29 is 0 Å². The predicted octanol–water partition coefficient (Wildman–Crippen LogP) is 2.69. The summed E-state index contributed by atoms with van der Waals surface area (Å²) in [7, 11) is 2.26. The topological polar surface area (TPSA) is 28.2 Å². The second kappa shape index (κ2) is 4.79. The summed E-state index contributed by atoms with van der Waals surface area (Å²) in [5.41, 5.74) is 1.55. The van der Waals surface area contributed by atoms with Gasteiger partial charge in [-0.15, -0.1) is 11.3 Å². The van der Waals surface area contributed by atoms with Crippen molar-refractivity contribution >= 4 is 11.3 Å². The summed E-state index contributed by atoms with van der Waals surface area (Å²) >= 11 is 2.00. The Kier molecular flexibility index (Phi) is 3.17. The minimum atomic E-state index is 0.136. The lowest BCUT2D eigenvalue weighted by atomic mass is 9.96. The zero-order valence-corrected chi connectivity index (χ0v) is 13.4. The number of likely N-dealkylation sites (N-methyl/N-ethyl adjacent to an activating group) is 1. The third-order valence-corrected chi connectivity index (χ3v) is 6.59. The molecule has 1 aromatic heterocycles. The van der Waals surface area contributed by atoms with E-state index in [1.165, 1.54) is 55.6 Å². The largest absolute Gasteiger partial charge is 0.301 e. The quantitative estimate of drug-likeness (QED) is 0.928. The number of nitrogens with zero attached hydrogens (tertiary/aromatic N) is 2. The number of likely N-dealkylation sites (tertiary alicyclic amines) is 1. The van der Waals surface area contributed by atoms with Gasteiger partial charge in [0.2, 0.25) is 0 Å². The van der Waals surface area contributed by atoms with Crippen molar-refractivity contribution in [3.05, 3.63) is 15.6 Å². The third kappa shape index (κ3) is 2.22. The Hall–Kier alpha value is -0.450. The van der Waals surface area contributed by atoms with E-state index in [-0.39, 0.29) is 5.54 Å². The summed E-state index contributed by atoms with van der Waals surface area (Å²) in [4.78, 5) is 9.15. The molecular formula is C16H25N3S. The molecule has 20 heavy (non-hydrogen) atoms. The number of fused-ring (bicyclic) bond motifs is 1. The van der Waals surface area contributed by atoms with Crippen molar-refractivity contribution in [2.45, 2.75) is 69.5 Å². The van der Waals surface area contributed by atoms with Crippen LogP contribution < -0.4 is 5.32 Å². The molecule has 4 rings (SSSR count). The molecule has 0 spiro atoms. The average Bonchev–Trinajstić information content (AvgIpc) is 3.03. The fourth-order valence-corrected chi connectivity index (χ4v) is 5.11. The first-order valence-corrected chi connectivity index (χ1v) is 8.95. The third-order valence-electron chi connectivity index (χ3n) is 5.23. The molecule has 110 valence electrons. The van der Waals surface area contributed by atoms with Gasteiger partial charge in [0.1, 0.15) is 5.01 Å². The molecule has 1 N–H and O–H groups in total. The van der Waals surface area contributed by atoms with Crippen LogP contribution in [0.15, 0.2) is 0 Å².